The molecule has 0 saturated heterocycles. The molecule has 0 radical (unpaired) electrons. The summed E-state index contributed by atoms with van der Waals surface area (Å²) in [6, 6.07) is 20.2. The van der Waals surface area contributed by atoms with Crippen molar-refractivity contribution in [3.63, 3.8) is 0 Å². The number of hydrogen-bond donors (Lipinski definition) is 0. The fraction of sp³-hybridized carbons (Fsp3) is 0.200. The number of rotatable bonds is 10. The molecule has 0 aliphatic carbocycles. The van der Waals surface area contributed by atoms with Crippen LogP contribution in [0.3, 0.4) is 0 Å². The highest BCUT2D eigenvalue weighted by molar-refractivity contribution is 7.95. The number of benzene rings is 2. The van der Waals surface area contributed by atoms with Crippen LogP contribution in [0, 0.1) is 0 Å². The highest BCUT2D eigenvalue weighted by Crippen LogP contribution is 2.35. The molecule has 6 aromatic rings. The van der Waals surface area contributed by atoms with Crippen LogP contribution in [-0.4, -0.2) is 58.6 Å². The summed E-state index contributed by atoms with van der Waals surface area (Å²) >= 11 is 1.39. The van der Waals surface area contributed by atoms with Crippen LogP contribution < -0.4 is 9.47 Å². The van der Waals surface area contributed by atoms with Gasteiger partial charge in [0.05, 0.1) is 13.7 Å². The minimum Gasteiger partial charge on any atom is -0.497 e. The van der Waals surface area contributed by atoms with E-state index in [0.29, 0.717) is 40.7 Å². The van der Waals surface area contributed by atoms with E-state index < -0.39 is 12.0 Å². The van der Waals surface area contributed by atoms with Crippen LogP contribution >= 0.6 is 12.1 Å². The SMILES string of the molecule is COc1ccc(Cn2nc(C(F)(F)F)nc2-c2nc3cc(OCc4ccccc4)ccn3c2-c2cn(SN(C)C)cn2)cc1. The molecule has 14 heteroatoms. The van der Waals surface area contributed by atoms with Crippen LogP contribution in [0.5, 0.6) is 11.5 Å². The van der Waals surface area contributed by atoms with Gasteiger partial charge in [-0.3, -0.25) is 8.37 Å². The number of imidazole rings is 2. The maximum absolute atomic E-state index is 13.9. The Morgan fingerprint density at radius 1 is 0.932 bits per heavy atom. The molecule has 2 aromatic carbocycles. The quantitative estimate of drug-likeness (QED) is 0.170. The van der Waals surface area contributed by atoms with Crippen molar-refractivity contribution in [3.8, 4) is 34.4 Å². The number of nitrogens with zero attached hydrogens (tertiary/aromatic N) is 8. The summed E-state index contributed by atoms with van der Waals surface area (Å²) in [5, 5.41) is 3.86. The third kappa shape index (κ3) is 6.26. The molecular weight excluding hydrogens is 593 g/mol. The molecule has 0 N–H and O–H groups in total. The summed E-state index contributed by atoms with van der Waals surface area (Å²) in [7, 11) is 5.32. The van der Waals surface area contributed by atoms with Gasteiger partial charge < -0.3 is 9.47 Å². The minimum atomic E-state index is -4.76. The first-order chi connectivity index (χ1) is 21.2. The Hall–Kier alpha value is -4.82. The second-order valence-electron chi connectivity index (χ2n) is 9.95. The predicted molar refractivity (Wildman–Crippen MR) is 160 cm³/mol. The van der Waals surface area contributed by atoms with E-state index in [-0.39, 0.29) is 18.1 Å². The molecule has 0 aliphatic rings. The topological polar surface area (TPSA) is 87.5 Å². The molecule has 0 bridgehead atoms. The van der Waals surface area contributed by atoms with Crippen molar-refractivity contribution in [2.24, 2.45) is 0 Å². The van der Waals surface area contributed by atoms with Crippen LogP contribution in [0.1, 0.15) is 17.0 Å². The van der Waals surface area contributed by atoms with Crippen LogP contribution in [0.15, 0.2) is 85.5 Å². The normalized spacial score (nSPS) is 11.9. The molecule has 4 heterocycles. The molecule has 0 atom stereocenters. The van der Waals surface area contributed by atoms with E-state index in [0.717, 1.165) is 5.56 Å². The van der Waals surface area contributed by atoms with Crippen LogP contribution in [0.2, 0.25) is 0 Å². The molecule has 226 valence electrons. The van der Waals surface area contributed by atoms with Crippen molar-refractivity contribution >= 4 is 17.8 Å². The highest BCUT2D eigenvalue weighted by atomic mass is 32.2. The molecule has 0 amide bonds. The molecule has 44 heavy (non-hydrogen) atoms. The van der Waals surface area contributed by atoms with Crippen LogP contribution in [0.4, 0.5) is 13.2 Å². The summed E-state index contributed by atoms with van der Waals surface area (Å²) in [4.78, 5) is 13.3. The number of methoxy groups -OCH3 is 1. The van der Waals surface area contributed by atoms with Gasteiger partial charge in [0.15, 0.2) is 5.82 Å². The number of pyridine rings is 1. The predicted octanol–water partition coefficient (Wildman–Crippen LogP) is 6.08. The lowest BCUT2D eigenvalue weighted by atomic mass is 10.2. The first-order valence-electron chi connectivity index (χ1n) is 13.4. The van der Waals surface area contributed by atoms with E-state index in [1.807, 2.05) is 48.7 Å². The van der Waals surface area contributed by atoms with Gasteiger partial charge in [0.25, 0.3) is 5.82 Å². The second kappa shape index (κ2) is 12.1. The van der Waals surface area contributed by atoms with E-state index in [1.165, 1.54) is 16.8 Å². The smallest absolute Gasteiger partial charge is 0.453 e. The maximum atomic E-state index is 13.9. The average Bonchev–Trinajstić information content (AvgIpc) is 3.73. The molecule has 0 saturated carbocycles. The van der Waals surface area contributed by atoms with E-state index in [2.05, 4.69) is 15.1 Å². The van der Waals surface area contributed by atoms with Gasteiger partial charge in [0, 0.05) is 30.6 Å². The molecule has 0 spiro atoms. The minimum absolute atomic E-state index is 0.0199. The summed E-state index contributed by atoms with van der Waals surface area (Å²) in [5.74, 6) is -0.130. The number of alkyl halides is 3. The summed E-state index contributed by atoms with van der Waals surface area (Å²) in [6.07, 6.45) is 0.409. The molecule has 0 unspecified atom stereocenters. The third-order valence-corrected chi connectivity index (χ3v) is 7.25. The van der Waals surface area contributed by atoms with E-state index in [4.69, 9.17) is 14.5 Å². The number of fused-ring (bicyclic) bond motifs is 1. The second-order valence-corrected chi connectivity index (χ2v) is 11.3. The van der Waals surface area contributed by atoms with E-state index >= 15 is 0 Å². The standard InChI is InChI=1S/C30H27F3N8O2S/c1-38(2)44-39-17-24(34-19-39)27-26(35-25-15-23(13-14-40(25)27)43-18-21-7-5-4-6-8-21)28-36-29(30(31,32)33)37-41(28)16-20-9-11-22(42-3)12-10-20/h4-15,17,19H,16,18H2,1-3H3. The number of halogens is 3. The fourth-order valence-electron chi connectivity index (χ4n) is 4.57. The molecule has 10 nitrogen and oxygen atoms in total. The Bertz CT molecular complexity index is 1880. The van der Waals surface area contributed by atoms with Crippen molar-refractivity contribution in [2.45, 2.75) is 19.3 Å². The Morgan fingerprint density at radius 2 is 1.70 bits per heavy atom. The molecule has 0 fully saturated rings. The van der Waals surface area contributed by atoms with E-state index in [9.17, 15) is 13.2 Å². The molecular formula is C30H27F3N8O2S. The maximum Gasteiger partial charge on any atom is 0.453 e. The first kappa shape index (κ1) is 29.3. The number of aromatic nitrogens is 7. The molecule has 4 aromatic heterocycles. The third-order valence-electron chi connectivity index (χ3n) is 6.53. The van der Waals surface area contributed by atoms with Crippen LogP contribution in [0.25, 0.3) is 28.6 Å². The van der Waals surface area contributed by atoms with Gasteiger partial charge in [-0.2, -0.15) is 13.2 Å². The average molecular weight is 621 g/mol. The Morgan fingerprint density at radius 3 is 2.41 bits per heavy atom. The van der Waals surface area contributed by atoms with Gasteiger partial charge >= 0.3 is 6.18 Å². The van der Waals surface area contributed by atoms with Gasteiger partial charge in [-0.15, -0.1) is 5.10 Å². The Balaban J connectivity index is 1.47. The zero-order valence-corrected chi connectivity index (χ0v) is 24.7. The number of hydrogen-bond acceptors (Lipinski definition) is 8. The van der Waals surface area contributed by atoms with Gasteiger partial charge in [-0.05, 0) is 43.4 Å². The lowest BCUT2D eigenvalue weighted by Crippen LogP contribution is -2.09. The van der Waals surface area contributed by atoms with Crippen molar-refractivity contribution in [1.29, 1.82) is 0 Å². The largest absolute Gasteiger partial charge is 0.497 e. The van der Waals surface area contributed by atoms with Crippen molar-refractivity contribution in [2.75, 3.05) is 21.2 Å². The van der Waals surface area contributed by atoms with E-state index in [1.54, 1.807) is 70.6 Å². The van der Waals surface area contributed by atoms with Gasteiger partial charge in [0.1, 0.15) is 47.2 Å². The highest BCUT2D eigenvalue weighted by Gasteiger charge is 2.38. The molecule has 6 rings (SSSR count). The fourth-order valence-corrected chi connectivity index (χ4v) is 5.18. The lowest BCUT2D eigenvalue weighted by molar-refractivity contribution is -0.144. The van der Waals surface area contributed by atoms with Gasteiger partial charge in [-0.1, -0.05) is 42.5 Å². The summed E-state index contributed by atoms with van der Waals surface area (Å²) in [6.45, 7) is 0.362. The number of ether oxygens (including phenoxy) is 2. The summed E-state index contributed by atoms with van der Waals surface area (Å²) < 4.78 is 59.7. The Kier molecular flexibility index (Phi) is 8.01. The lowest BCUT2D eigenvalue weighted by Gasteiger charge is -2.08. The first-order valence-corrected chi connectivity index (χ1v) is 14.2. The monoisotopic (exact) mass is 620 g/mol. The summed E-state index contributed by atoms with van der Waals surface area (Å²) in [5.41, 5.74) is 3.30. The zero-order valence-electron chi connectivity index (χ0n) is 23.9. The zero-order chi connectivity index (χ0) is 30.8. The van der Waals surface area contributed by atoms with Crippen molar-refractivity contribution in [3.05, 3.63) is 102 Å². The van der Waals surface area contributed by atoms with Crippen molar-refractivity contribution < 1.29 is 22.6 Å². The van der Waals surface area contributed by atoms with Crippen LogP contribution in [-0.2, 0) is 19.3 Å². The van der Waals surface area contributed by atoms with Gasteiger partial charge in [0.2, 0.25) is 0 Å². The molecule has 0 aliphatic heterocycles. The Labute approximate surface area is 255 Å². The van der Waals surface area contributed by atoms with Crippen molar-refractivity contribution in [1.82, 2.24) is 37.4 Å². The van der Waals surface area contributed by atoms with Gasteiger partial charge in [-0.25, -0.2) is 23.9 Å².